The standard InChI is InChI=1S/C24H29FN4/c1-15-13-19(4-6-22(15)25)29-23-9-12-28-24(16(2)26)20-5-3-18(14-21(20)23)17-7-10-27-11-8-17/h3-7,13-14,23,27-29H,8-12,26H2,1-2H3/b24-16-. The molecule has 0 bridgehead atoms. The van der Waals surface area contributed by atoms with Crippen molar-refractivity contribution in [1.29, 1.82) is 0 Å². The summed E-state index contributed by atoms with van der Waals surface area (Å²) in [6.07, 6.45) is 4.21. The van der Waals surface area contributed by atoms with Crippen molar-refractivity contribution in [2.24, 2.45) is 5.73 Å². The fourth-order valence-electron chi connectivity index (χ4n) is 4.19. The number of aryl methyl sites for hydroxylation is 1. The molecule has 0 aliphatic carbocycles. The Labute approximate surface area is 172 Å². The van der Waals surface area contributed by atoms with Gasteiger partial charge in [-0.1, -0.05) is 18.2 Å². The quantitative estimate of drug-likeness (QED) is 0.629. The van der Waals surface area contributed by atoms with Gasteiger partial charge in [-0.3, -0.25) is 0 Å². The van der Waals surface area contributed by atoms with E-state index in [2.05, 4.69) is 40.2 Å². The van der Waals surface area contributed by atoms with E-state index in [4.69, 9.17) is 5.73 Å². The fourth-order valence-corrected chi connectivity index (χ4v) is 4.19. The number of hydrogen-bond donors (Lipinski definition) is 4. The largest absolute Gasteiger partial charge is 0.401 e. The summed E-state index contributed by atoms with van der Waals surface area (Å²) in [5.74, 6) is -0.178. The average Bonchev–Trinajstić information content (AvgIpc) is 2.91. The first-order valence-electron chi connectivity index (χ1n) is 10.3. The van der Waals surface area contributed by atoms with Crippen LogP contribution in [0.4, 0.5) is 10.1 Å². The van der Waals surface area contributed by atoms with Gasteiger partial charge in [-0.25, -0.2) is 4.39 Å². The maximum Gasteiger partial charge on any atom is 0.126 e. The zero-order valence-corrected chi connectivity index (χ0v) is 17.1. The van der Waals surface area contributed by atoms with E-state index in [9.17, 15) is 4.39 Å². The number of anilines is 1. The first-order valence-corrected chi connectivity index (χ1v) is 10.3. The van der Waals surface area contributed by atoms with Gasteiger partial charge >= 0.3 is 0 Å². The molecule has 0 radical (unpaired) electrons. The average molecular weight is 393 g/mol. The molecule has 0 amide bonds. The van der Waals surface area contributed by atoms with Gasteiger partial charge in [-0.05, 0) is 79.8 Å². The highest BCUT2D eigenvalue weighted by Gasteiger charge is 2.23. The second kappa shape index (κ2) is 8.29. The lowest BCUT2D eigenvalue weighted by molar-refractivity contribution is 0.618. The summed E-state index contributed by atoms with van der Waals surface area (Å²) < 4.78 is 13.7. The third-order valence-corrected chi connectivity index (χ3v) is 5.76. The van der Waals surface area contributed by atoms with Gasteiger partial charge in [0.1, 0.15) is 5.82 Å². The van der Waals surface area contributed by atoms with Crippen LogP contribution in [0.25, 0.3) is 11.3 Å². The number of nitrogens with one attached hydrogen (secondary N) is 3. The molecular formula is C24H29FN4. The number of hydrogen-bond acceptors (Lipinski definition) is 4. The minimum absolute atomic E-state index is 0.112. The minimum Gasteiger partial charge on any atom is -0.401 e. The number of fused-ring (bicyclic) bond motifs is 1. The molecule has 2 aliphatic heterocycles. The summed E-state index contributed by atoms with van der Waals surface area (Å²) in [5.41, 5.74) is 14.6. The Morgan fingerprint density at radius 3 is 2.76 bits per heavy atom. The maximum atomic E-state index is 13.7. The zero-order valence-electron chi connectivity index (χ0n) is 17.1. The molecule has 0 aromatic heterocycles. The number of halogens is 1. The monoisotopic (exact) mass is 392 g/mol. The molecule has 0 fully saturated rings. The van der Waals surface area contributed by atoms with Crippen LogP contribution in [0, 0.1) is 12.7 Å². The number of allylic oxidation sites excluding steroid dienone is 1. The highest BCUT2D eigenvalue weighted by Crippen LogP contribution is 2.35. The lowest BCUT2D eigenvalue weighted by Gasteiger charge is -2.23. The number of benzene rings is 2. The van der Waals surface area contributed by atoms with Gasteiger partial charge in [0.2, 0.25) is 0 Å². The van der Waals surface area contributed by atoms with E-state index in [1.54, 1.807) is 6.92 Å². The van der Waals surface area contributed by atoms with Crippen LogP contribution in [0.1, 0.15) is 48.1 Å². The van der Waals surface area contributed by atoms with Crippen molar-refractivity contribution >= 4 is 17.0 Å². The summed E-state index contributed by atoms with van der Waals surface area (Å²) in [4.78, 5) is 0. The maximum absolute atomic E-state index is 13.7. The lowest BCUT2D eigenvalue weighted by atomic mass is 9.91. The van der Waals surface area contributed by atoms with E-state index < -0.39 is 0 Å². The highest BCUT2D eigenvalue weighted by molar-refractivity contribution is 5.75. The number of rotatable bonds is 3. The molecule has 2 aromatic rings. The molecule has 0 saturated carbocycles. The van der Waals surface area contributed by atoms with Crippen molar-refractivity contribution in [1.82, 2.24) is 10.6 Å². The lowest BCUT2D eigenvalue weighted by Crippen LogP contribution is -2.20. The predicted octanol–water partition coefficient (Wildman–Crippen LogP) is 4.30. The van der Waals surface area contributed by atoms with Gasteiger partial charge in [-0.15, -0.1) is 0 Å². The molecule has 2 aliphatic rings. The Morgan fingerprint density at radius 1 is 1.17 bits per heavy atom. The van der Waals surface area contributed by atoms with Crippen LogP contribution in [0.3, 0.4) is 0 Å². The summed E-state index contributed by atoms with van der Waals surface area (Å²) in [6.45, 7) is 6.47. The van der Waals surface area contributed by atoms with E-state index in [1.807, 2.05) is 19.1 Å². The Hall–Kier alpha value is -2.79. The van der Waals surface area contributed by atoms with Gasteiger partial charge in [-0.2, -0.15) is 0 Å². The van der Waals surface area contributed by atoms with Crippen LogP contribution in [0.15, 0.2) is 48.2 Å². The molecule has 1 unspecified atom stereocenters. The van der Waals surface area contributed by atoms with E-state index in [0.29, 0.717) is 5.56 Å². The third kappa shape index (κ3) is 4.15. The fraction of sp³-hybridized carbons (Fsp3) is 0.333. The normalized spacial score (nSPS) is 20.8. The van der Waals surface area contributed by atoms with Crippen LogP contribution in [-0.2, 0) is 0 Å². The molecule has 4 nitrogen and oxygen atoms in total. The van der Waals surface area contributed by atoms with Crippen molar-refractivity contribution in [2.45, 2.75) is 32.7 Å². The van der Waals surface area contributed by atoms with E-state index in [0.717, 1.165) is 55.1 Å². The topological polar surface area (TPSA) is 62.1 Å². The second-order valence-corrected chi connectivity index (χ2v) is 7.92. The summed E-state index contributed by atoms with van der Waals surface area (Å²) in [5, 5.41) is 10.5. The zero-order chi connectivity index (χ0) is 20.4. The Kier molecular flexibility index (Phi) is 5.58. The van der Waals surface area contributed by atoms with Crippen molar-refractivity contribution in [2.75, 3.05) is 25.0 Å². The summed E-state index contributed by atoms with van der Waals surface area (Å²) in [6, 6.07) is 12.0. The first-order chi connectivity index (χ1) is 14.0. The SMILES string of the molecule is C/C(N)=C1/NCCC(Nc2ccc(F)c(C)c2)c2cc(C3=CCNCC3)ccc21. The molecule has 4 rings (SSSR count). The Bertz CT molecular complexity index is 973. The second-order valence-electron chi connectivity index (χ2n) is 7.92. The van der Waals surface area contributed by atoms with Gasteiger partial charge in [0, 0.05) is 30.0 Å². The van der Waals surface area contributed by atoms with Crippen LogP contribution in [-0.4, -0.2) is 19.6 Å². The predicted molar refractivity (Wildman–Crippen MR) is 119 cm³/mol. The van der Waals surface area contributed by atoms with Crippen molar-refractivity contribution < 1.29 is 4.39 Å². The highest BCUT2D eigenvalue weighted by atomic mass is 19.1. The van der Waals surface area contributed by atoms with Crippen LogP contribution in [0.5, 0.6) is 0 Å². The molecule has 5 N–H and O–H groups in total. The molecule has 5 heteroatoms. The van der Waals surface area contributed by atoms with Gasteiger partial charge in [0.15, 0.2) is 0 Å². The molecule has 0 spiro atoms. The van der Waals surface area contributed by atoms with Crippen molar-refractivity contribution in [3.8, 4) is 0 Å². The van der Waals surface area contributed by atoms with Gasteiger partial charge in [0.05, 0.1) is 11.7 Å². The van der Waals surface area contributed by atoms with Gasteiger partial charge in [0.25, 0.3) is 0 Å². The minimum atomic E-state index is -0.178. The molecule has 1 atom stereocenters. The van der Waals surface area contributed by atoms with Crippen LogP contribution < -0.4 is 21.7 Å². The number of nitrogens with two attached hydrogens (primary N) is 1. The van der Waals surface area contributed by atoms with E-state index in [1.165, 1.54) is 22.8 Å². The molecule has 152 valence electrons. The van der Waals surface area contributed by atoms with Crippen LogP contribution >= 0.6 is 0 Å². The van der Waals surface area contributed by atoms with E-state index >= 15 is 0 Å². The first kappa shape index (κ1) is 19.5. The summed E-state index contributed by atoms with van der Waals surface area (Å²) >= 11 is 0. The molecule has 0 saturated heterocycles. The van der Waals surface area contributed by atoms with Crippen molar-refractivity contribution in [3.05, 3.63) is 76.2 Å². The molecule has 29 heavy (non-hydrogen) atoms. The Morgan fingerprint density at radius 2 is 2.03 bits per heavy atom. The third-order valence-electron chi connectivity index (χ3n) is 5.76. The molecular weight excluding hydrogens is 363 g/mol. The smallest absolute Gasteiger partial charge is 0.126 e. The molecule has 2 heterocycles. The van der Waals surface area contributed by atoms with Crippen LogP contribution in [0.2, 0.25) is 0 Å². The Balaban J connectivity index is 1.76. The molecule has 2 aromatic carbocycles. The summed E-state index contributed by atoms with van der Waals surface area (Å²) in [7, 11) is 0. The van der Waals surface area contributed by atoms with E-state index in [-0.39, 0.29) is 11.9 Å². The van der Waals surface area contributed by atoms with Crippen molar-refractivity contribution in [3.63, 3.8) is 0 Å². The van der Waals surface area contributed by atoms with Gasteiger partial charge < -0.3 is 21.7 Å².